The van der Waals surface area contributed by atoms with Gasteiger partial charge < -0.3 is 0 Å². The monoisotopic (exact) mass is 402 g/mol. The first kappa shape index (κ1) is 21.7. The lowest BCUT2D eigenvalue weighted by Crippen LogP contribution is -2.19. The van der Waals surface area contributed by atoms with Gasteiger partial charge >= 0.3 is 0 Å². The Kier molecular flexibility index (Phi) is 7.69. The van der Waals surface area contributed by atoms with E-state index >= 15 is 0 Å². The molecule has 162 valence electrons. The molecule has 0 unspecified atom stereocenters. The molecule has 0 atom stereocenters. The summed E-state index contributed by atoms with van der Waals surface area (Å²) in [6.07, 6.45) is 16.9. The molecular formula is C30H42. The fraction of sp³-hybridized carbons (Fsp3) is 0.600. The zero-order chi connectivity index (χ0) is 20.8. The summed E-state index contributed by atoms with van der Waals surface area (Å²) in [6.45, 7) is 4.70. The summed E-state index contributed by atoms with van der Waals surface area (Å²) >= 11 is 0. The molecule has 0 heterocycles. The molecule has 0 amide bonds. The van der Waals surface area contributed by atoms with Gasteiger partial charge in [0.15, 0.2) is 0 Å². The zero-order valence-corrected chi connectivity index (χ0v) is 19.4. The standard InChI is InChI=1S/C30H42/c1-3-9-23-15-19-26(20-16-23)29-14-8-13-28(25-11-6-5-7-12-25)30(29)27-21-17-24(10-4-2)18-22-27/h5-8,11-14,23-24,26-27H,3-4,9-10,15-22H2,1-2H3. The lowest BCUT2D eigenvalue weighted by Gasteiger charge is -2.35. The van der Waals surface area contributed by atoms with Crippen molar-refractivity contribution in [3.8, 4) is 11.1 Å². The Hall–Kier alpha value is -1.56. The number of rotatable bonds is 7. The third-order valence-electron chi connectivity index (χ3n) is 8.16. The van der Waals surface area contributed by atoms with Crippen molar-refractivity contribution in [3.63, 3.8) is 0 Å². The van der Waals surface area contributed by atoms with Crippen LogP contribution in [0.3, 0.4) is 0 Å². The second-order valence-corrected chi connectivity index (χ2v) is 10.2. The molecule has 2 aromatic carbocycles. The number of benzene rings is 2. The van der Waals surface area contributed by atoms with Crippen LogP contribution in [-0.2, 0) is 0 Å². The fourth-order valence-electron chi connectivity index (χ4n) is 6.58. The Labute approximate surface area is 185 Å². The third kappa shape index (κ3) is 5.01. The summed E-state index contributed by atoms with van der Waals surface area (Å²) in [7, 11) is 0. The highest BCUT2D eigenvalue weighted by Gasteiger charge is 2.30. The summed E-state index contributed by atoms with van der Waals surface area (Å²) in [5.74, 6) is 3.50. The quantitative estimate of drug-likeness (QED) is 0.432. The van der Waals surface area contributed by atoms with Crippen molar-refractivity contribution in [2.24, 2.45) is 11.8 Å². The molecule has 2 saturated carbocycles. The first-order chi connectivity index (χ1) is 14.8. The second kappa shape index (κ2) is 10.7. The van der Waals surface area contributed by atoms with Gasteiger partial charge in [0, 0.05) is 0 Å². The molecule has 0 radical (unpaired) electrons. The summed E-state index contributed by atoms with van der Waals surface area (Å²) in [4.78, 5) is 0. The van der Waals surface area contributed by atoms with Crippen molar-refractivity contribution < 1.29 is 0 Å². The van der Waals surface area contributed by atoms with E-state index in [1.54, 1.807) is 11.1 Å². The maximum atomic E-state index is 2.50. The molecule has 4 rings (SSSR count). The number of hydrogen-bond acceptors (Lipinski definition) is 0. The van der Waals surface area contributed by atoms with Crippen LogP contribution in [0.5, 0.6) is 0 Å². The van der Waals surface area contributed by atoms with Crippen LogP contribution in [0.4, 0.5) is 0 Å². The van der Waals surface area contributed by atoms with Crippen LogP contribution < -0.4 is 0 Å². The van der Waals surface area contributed by atoms with E-state index in [1.807, 2.05) is 0 Å². The zero-order valence-electron chi connectivity index (χ0n) is 19.4. The van der Waals surface area contributed by atoms with E-state index in [-0.39, 0.29) is 0 Å². The Morgan fingerprint density at radius 1 is 0.600 bits per heavy atom. The van der Waals surface area contributed by atoms with Crippen molar-refractivity contribution in [2.75, 3.05) is 0 Å². The highest BCUT2D eigenvalue weighted by Crippen LogP contribution is 2.47. The van der Waals surface area contributed by atoms with Crippen LogP contribution in [0.1, 0.15) is 114 Å². The Balaban J connectivity index is 1.63. The van der Waals surface area contributed by atoms with Crippen molar-refractivity contribution in [3.05, 3.63) is 59.7 Å². The molecule has 0 N–H and O–H groups in total. The average Bonchev–Trinajstić information content (AvgIpc) is 2.81. The minimum atomic E-state index is 0.762. The van der Waals surface area contributed by atoms with E-state index in [9.17, 15) is 0 Å². The van der Waals surface area contributed by atoms with Crippen molar-refractivity contribution >= 4 is 0 Å². The van der Waals surface area contributed by atoms with Crippen LogP contribution in [0.15, 0.2) is 48.5 Å². The summed E-state index contributed by atoms with van der Waals surface area (Å²) < 4.78 is 0. The van der Waals surface area contributed by atoms with E-state index in [0.717, 1.165) is 23.7 Å². The van der Waals surface area contributed by atoms with Crippen LogP contribution >= 0.6 is 0 Å². The predicted molar refractivity (Wildman–Crippen MR) is 131 cm³/mol. The second-order valence-electron chi connectivity index (χ2n) is 10.2. The van der Waals surface area contributed by atoms with Crippen molar-refractivity contribution in [2.45, 2.75) is 103 Å². The normalized spacial score (nSPS) is 27.1. The smallest absolute Gasteiger partial charge is 0.0146 e. The molecule has 30 heavy (non-hydrogen) atoms. The molecule has 0 saturated heterocycles. The van der Waals surface area contributed by atoms with Gasteiger partial charge in [-0.1, -0.05) is 88.1 Å². The first-order valence-electron chi connectivity index (χ1n) is 13.0. The first-order valence-corrected chi connectivity index (χ1v) is 13.0. The predicted octanol–water partition coefficient (Wildman–Crippen LogP) is 9.50. The lowest BCUT2D eigenvalue weighted by molar-refractivity contribution is 0.296. The van der Waals surface area contributed by atoms with Crippen LogP contribution in [0, 0.1) is 11.8 Å². The van der Waals surface area contributed by atoms with Crippen LogP contribution in [-0.4, -0.2) is 0 Å². The van der Waals surface area contributed by atoms with Crippen LogP contribution in [0.25, 0.3) is 11.1 Å². The van der Waals surface area contributed by atoms with E-state index in [0.29, 0.717) is 0 Å². The Bertz CT molecular complexity index is 758. The number of hydrogen-bond donors (Lipinski definition) is 0. The third-order valence-corrected chi connectivity index (χ3v) is 8.16. The van der Waals surface area contributed by atoms with Crippen LogP contribution in [0.2, 0.25) is 0 Å². The molecule has 0 spiro atoms. The molecule has 2 fully saturated rings. The van der Waals surface area contributed by atoms with Crippen molar-refractivity contribution in [1.29, 1.82) is 0 Å². The maximum Gasteiger partial charge on any atom is -0.0146 e. The van der Waals surface area contributed by atoms with Gasteiger partial charge in [-0.05, 0) is 97.3 Å². The van der Waals surface area contributed by atoms with E-state index < -0.39 is 0 Å². The lowest BCUT2D eigenvalue weighted by atomic mass is 9.70. The maximum absolute atomic E-state index is 2.50. The van der Waals surface area contributed by atoms with Gasteiger partial charge in [-0.15, -0.1) is 0 Å². The van der Waals surface area contributed by atoms with Gasteiger partial charge in [0.25, 0.3) is 0 Å². The SMILES string of the molecule is CCCC1CCC(c2cccc(-c3ccccc3)c2C2CCC(CCC)CC2)CC1. The summed E-state index contributed by atoms with van der Waals surface area (Å²) in [6, 6.07) is 18.5. The highest BCUT2D eigenvalue weighted by molar-refractivity contribution is 5.70. The van der Waals surface area contributed by atoms with Gasteiger partial charge in [-0.2, -0.15) is 0 Å². The molecule has 2 aromatic rings. The summed E-state index contributed by atoms with van der Waals surface area (Å²) in [5, 5.41) is 0. The molecule has 0 aromatic heterocycles. The van der Waals surface area contributed by atoms with Gasteiger partial charge in [-0.25, -0.2) is 0 Å². The fourth-order valence-corrected chi connectivity index (χ4v) is 6.58. The van der Waals surface area contributed by atoms with Gasteiger partial charge in [0.2, 0.25) is 0 Å². The van der Waals surface area contributed by atoms with E-state index in [2.05, 4.69) is 62.4 Å². The molecule has 0 nitrogen and oxygen atoms in total. The van der Waals surface area contributed by atoms with Gasteiger partial charge in [0.1, 0.15) is 0 Å². The average molecular weight is 403 g/mol. The highest BCUT2D eigenvalue weighted by atomic mass is 14.3. The van der Waals surface area contributed by atoms with Gasteiger partial charge in [-0.3, -0.25) is 0 Å². The topological polar surface area (TPSA) is 0 Å². The van der Waals surface area contributed by atoms with Gasteiger partial charge in [0.05, 0.1) is 0 Å². The molecule has 2 aliphatic rings. The van der Waals surface area contributed by atoms with Crippen molar-refractivity contribution in [1.82, 2.24) is 0 Å². The minimum absolute atomic E-state index is 0.762. The Morgan fingerprint density at radius 3 is 1.73 bits per heavy atom. The Morgan fingerprint density at radius 2 is 1.17 bits per heavy atom. The minimum Gasteiger partial charge on any atom is -0.0654 e. The molecule has 0 bridgehead atoms. The van der Waals surface area contributed by atoms with E-state index in [4.69, 9.17) is 0 Å². The summed E-state index contributed by atoms with van der Waals surface area (Å²) in [5.41, 5.74) is 6.40. The molecule has 2 aliphatic carbocycles. The molecular weight excluding hydrogens is 360 g/mol. The molecule has 0 heteroatoms. The largest absolute Gasteiger partial charge is 0.0654 e. The van der Waals surface area contributed by atoms with E-state index in [1.165, 1.54) is 88.2 Å². The molecule has 0 aliphatic heterocycles.